The molecule has 0 saturated carbocycles. The summed E-state index contributed by atoms with van der Waals surface area (Å²) in [4.78, 5) is 31.6. The number of amides is 2. The van der Waals surface area contributed by atoms with E-state index in [-0.39, 0.29) is 18.5 Å². The number of benzene rings is 2. The second-order valence-corrected chi connectivity index (χ2v) is 8.33. The van der Waals surface area contributed by atoms with Crippen LogP contribution >= 0.6 is 0 Å². The highest BCUT2D eigenvalue weighted by molar-refractivity contribution is 6.25. The number of nitrogens with zero attached hydrogens (tertiary/aromatic N) is 6. The van der Waals surface area contributed by atoms with Crippen LogP contribution in [0.3, 0.4) is 0 Å². The van der Waals surface area contributed by atoms with Crippen molar-refractivity contribution in [1.82, 2.24) is 15.1 Å². The zero-order valence-electron chi connectivity index (χ0n) is 19.5. The first-order valence-electron chi connectivity index (χ1n) is 11.3. The molecule has 0 spiro atoms. The van der Waals surface area contributed by atoms with Crippen molar-refractivity contribution in [1.29, 1.82) is 0 Å². The predicted molar refractivity (Wildman–Crippen MR) is 124 cm³/mol. The van der Waals surface area contributed by atoms with Gasteiger partial charge in [-0.05, 0) is 69.3 Å². The molecule has 0 unspecified atom stereocenters. The second-order valence-electron chi connectivity index (χ2n) is 8.33. The van der Waals surface area contributed by atoms with Crippen LogP contribution in [-0.2, 0) is 16.1 Å². The van der Waals surface area contributed by atoms with E-state index in [4.69, 9.17) is 14.0 Å². The minimum Gasteiger partial charge on any atom is -0.494 e. The normalized spacial score (nSPS) is 19.1. The number of fused-ring (bicyclic) bond motifs is 1. The molecule has 0 bridgehead atoms. The number of ether oxygens (including phenoxy) is 2. The lowest BCUT2D eigenvalue weighted by atomic mass is 10.1. The molecule has 1 saturated heterocycles. The molecule has 0 N–H and O–H groups in total. The third-order valence-electron chi connectivity index (χ3n) is 5.51. The minimum absolute atomic E-state index is 0.0440. The number of hydrogen-bond donors (Lipinski definition) is 0. The van der Waals surface area contributed by atoms with Crippen LogP contribution in [0.25, 0.3) is 11.4 Å². The molecule has 3 aromatic rings. The molecular weight excluding hydrogens is 452 g/mol. The highest BCUT2D eigenvalue weighted by Gasteiger charge is 2.55. The Kier molecular flexibility index (Phi) is 5.89. The lowest BCUT2D eigenvalue weighted by molar-refractivity contribution is -0.123. The number of carbonyl (C=O) groups excluding carboxylic acids is 2. The Morgan fingerprint density at radius 3 is 2.40 bits per heavy atom. The molecule has 180 valence electrons. The summed E-state index contributed by atoms with van der Waals surface area (Å²) in [6, 6.07) is 12.4. The van der Waals surface area contributed by atoms with Crippen LogP contribution in [0.5, 0.6) is 11.5 Å². The van der Waals surface area contributed by atoms with Crippen molar-refractivity contribution in [2.75, 3.05) is 11.5 Å². The predicted octanol–water partition coefficient (Wildman–Crippen LogP) is 3.42. The summed E-state index contributed by atoms with van der Waals surface area (Å²) in [5.41, 5.74) is 1.21. The standard InChI is InChI=1S/C24H24N6O5/c1-4-33-17-11-7-16(8-12-17)30-23(31)20-21(24(30)32)29(28-26-20)13-19-25-22(27-35-19)15-5-9-18(10-6-15)34-14(2)3/h5-12,14,20-21H,4,13H2,1-3H3/t20-,21-/m1/s1. The molecule has 2 aromatic carbocycles. The van der Waals surface area contributed by atoms with E-state index in [9.17, 15) is 9.59 Å². The Morgan fingerprint density at radius 2 is 1.71 bits per heavy atom. The highest BCUT2D eigenvalue weighted by atomic mass is 16.5. The molecule has 2 atom stereocenters. The van der Waals surface area contributed by atoms with Crippen LogP contribution in [-0.4, -0.2) is 51.8 Å². The largest absolute Gasteiger partial charge is 0.494 e. The first-order chi connectivity index (χ1) is 16.9. The summed E-state index contributed by atoms with van der Waals surface area (Å²) in [6.45, 7) is 6.37. The number of anilines is 1. The fourth-order valence-electron chi connectivity index (χ4n) is 4.00. The molecule has 3 heterocycles. The first-order valence-corrected chi connectivity index (χ1v) is 11.3. The van der Waals surface area contributed by atoms with Gasteiger partial charge in [-0.2, -0.15) is 10.1 Å². The number of imide groups is 1. The molecular formula is C24H24N6O5. The number of hydrogen-bond acceptors (Lipinski definition) is 10. The van der Waals surface area contributed by atoms with Gasteiger partial charge in [-0.15, -0.1) is 0 Å². The lowest BCUT2D eigenvalue weighted by Gasteiger charge is -2.19. The third kappa shape index (κ3) is 4.32. The van der Waals surface area contributed by atoms with Crippen molar-refractivity contribution >= 4 is 17.5 Å². The Hall–Kier alpha value is -4.28. The van der Waals surface area contributed by atoms with Gasteiger partial charge in [0.1, 0.15) is 18.0 Å². The zero-order chi connectivity index (χ0) is 24.5. The number of carbonyl (C=O) groups is 2. The van der Waals surface area contributed by atoms with Gasteiger partial charge in [-0.25, -0.2) is 4.90 Å². The molecule has 11 heteroatoms. The van der Waals surface area contributed by atoms with Crippen molar-refractivity contribution in [2.24, 2.45) is 10.3 Å². The first kappa shape index (κ1) is 22.5. The van der Waals surface area contributed by atoms with E-state index in [1.807, 2.05) is 45.0 Å². The fourth-order valence-corrected chi connectivity index (χ4v) is 4.00. The Balaban J connectivity index is 1.29. The van der Waals surface area contributed by atoms with Crippen LogP contribution in [0.15, 0.2) is 63.4 Å². The quantitative estimate of drug-likeness (QED) is 0.453. The van der Waals surface area contributed by atoms with E-state index >= 15 is 0 Å². The molecule has 2 amide bonds. The molecule has 1 fully saturated rings. The van der Waals surface area contributed by atoms with Gasteiger partial charge in [-0.1, -0.05) is 10.4 Å². The van der Waals surface area contributed by atoms with Gasteiger partial charge in [0, 0.05) is 5.56 Å². The van der Waals surface area contributed by atoms with E-state index in [2.05, 4.69) is 20.5 Å². The monoisotopic (exact) mass is 476 g/mol. The van der Waals surface area contributed by atoms with Crippen molar-refractivity contribution in [3.05, 3.63) is 54.4 Å². The highest BCUT2D eigenvalue weighted by Crippen LogP contribution is 2.33. The molecule has 0 radical (unpaired) electrons. The van der Waals surface area contributed by atoms with Crippen LogP contribution in [0, 0.1) is 0 Å². The van der Waals surface area contributed by atoms with Gasteiger partial charge in [0.25, 0.3) is 11.8 Å². The number of aromatic nitrogens is 2. The molecule has 5 rings (SSSR count). The van der Waals surface area contributed by atoms with Crippen molar-refractivity contribution in [3.63, 3.8) is 0 Å². The van der Waals surface area contributed by atoms with Crippen molar-refractivity contribution < 1.29 is 23.6 Å². The Bertz CT molecular complexity index is 1250. The smallest absolute Gasteiger partial charge is 0.263 e. The van der Waals surface area contributed by atoms with Crippen LogP contribution in [0.1, 0.15) is 26.7 Å². The van der Waals surface area contributed by atoms with Crippen molar-refractivity contribution in [2.45, 2.75) is 45.5 Å². The van der Waals surface area contributed by atoms with E-state index in [0.29, 0.717) is 23.9 Å². The maximum Gasteiger partial charge on any atom is 0.263 e. The Morgan fingerprint density at radius 1 is 1.00 bits per heavy atom. The third-order valence-corrected chi connectivity index (χ3v) is 5.51. The van der Waals surface area contributed by atoms with Gasteiger partial charge >= 0.3 is 0 Å². The number of rotatable bonds is 8. The summed E-state index contributed by atoms with van der Waals surface area (Å²) >= 11 is 0. The minimum atomic E-state index is -0.912. The van der Waals surface area contributed by atoms with Crippen LogP contribution in [0.4, 0.5) is 5.69 Å². The molecule has 2 aliphatic heterocycles. The summed E-state index contributed by atoms with van der Waals surface area (Å²) in [6.07, 6.45) is 0.0756. The lowest BCUT2D eigenvalue weighted by Crippen LogP contribution is -2.39. The summed E-state index contributed by atoms with van der Waals surface area (Å²) < 4.78 is 16.5. The van der Waals surface area contributed by atoms with Crippen molar-refractivity contribution in [3.8, 4) is 22.9 Å². The van der Waals surface area contributed by atoms with E-state index in [0.717, 1.165) is 16.2 Å². The van der Waals surface area contributed by atoms with Gasteiger partial charge in [0.05, 0.1) is 18.4 Å². The Labute approximate surface area is 201 Å². The molecule has 1 aromatic heterocycles. The van der Waals surface area contributed by atoms with E-state index in [1.54, 1.807) is 24.3 Å². The summed E-state index contributed by atoms with van der Waals surface area (Å²) in [7, 11) is 0. The average molecular weight is 476 g/mol. The summed E-state index contributed by atoms with van der Waals surface area (Å²) in [5, 5.41) is 13.5. The average Bonchev–Trinajstić information content (AvgIpc) is 3.53. The van der Waals surface area contributed by atoms with E-state index in [1.165, 1.54) is 5.01 Å². The molecule has 35 heavy (non-hydrogen) atoms. The zero-order valence-corrected chi connectivity index (χ0v) is 19.5. The fraction of sp³-hybridized carbons (Fsp3) is 0.333. The van der Waals surface area contributed by atoms with Gasteiger partial charge in [0.2, 0.25) is 11.7 Å². The molecule has 11 nitrogen and oxygen atoms in total. The van der Waals surface area contributed by atoms with Crippen LogP contribution in [0.2, 0.25) is 0 Å². The topological polar surface area (TPSA) is 123 Å². The molecule has 0 aliphatic carbocycles. The van der Waals surface area contributed by atoms with Gasteiger partial charge in [-0.3, -0.25) is 14.6 Å². The maximum atomic E-state index is 13.2. The van der Waals surface area contributed by atoms with Gasteiger partial charge in [0.15, 0.2) is 12.1 Å². The second kappa shape index (κ2) is 9.16. The van der Waals surface area contributed by atoms with Gasteiger partial charge < -0.3 is 14.0 Å². The SMILES string of the molecule is CCOc1ccc(N2C(=O)[C@@H]3N=NN(Cc4nc(-c5ccc(OC(C)C)cc5)no4)[C@H]3C2=O)cc1. The van der Waals surface area contributed by atoms with Crippen LogP contribution < -0.4 is 14.4 Å². The maximum absolute atomic E-state index is 13.2. The molecule has 2 aliphatic rings. The summed E-state index contributed by atoms with van der Waals surface area (Å²) in [5.74, 6) is 1.22. The van der Waals surface area contributed by atoms with E-state index < -0.39 is 23.9 Å².